The lowest BCUT2D eigenvalue weighted by Gasteiger charge is -2.12. The highest BCUT2D eigenvalue weighted by atomic mass is 19.1. The maximum absolute atomic E-state index is 12.8. The Labute approximate surface area is 134 Å². The summed E-state index contributed by atoms with van der Waals surface area (Å²) in [4.78, 5) is 11.9. The van der Waals surface area contributed by atoms with Crippen LogP contribution in [0.4, 0.5) is 16.0 Å². The van der Waals surface area contributed by atoms with Gasteiger partial charge in [0.1, 0.15) is 11.6 Å². The fourth-order valence-corrected chi connectivity index (χ4v) is 2.73. The second-order valence-corrected chi connectivity index (χ2v) is 5.78. The lowest BCUT2D eigenvalue weighted by atomic mass is 10.1. The molecule has 0 radical (unpaired) electrons. The second kappa shape index (κ2) is 7.17. The van der Waals surface area contributed by atoms with E-state index < -0.39 is 0 Å². The molecule has 2 N–H and O–H groups in total. The van der Waals surface area contributed by atoms with Crippen LogP contribution in [0.15, 0.2) is 36.4 Å². The average Bonchev–Trinajstić information content (AvgIpc) is 3.04. The quantitative estimate of drug-likeness (QED) is 0.889. The molecule has 5 nitrogen and oxygen atoms in total. The summed E-state index contributed by atoms with van der Waals surface area (Å²) < 4.78 is 12.8. The standard InChI is InChI=1S/C17H19FN4O/c18-13-7-5-12(6-8-13)11-17(23)20-16-10-9-15(21-22-16)19-14-3-1-2-4-14/h5-10,14H,1-4,11H2,(H,19,21)(H,20,22,23). The van der Waals surface area contributed by atoms with Crippen LogP contribution in [-0.4, -0.2) is 22.1 Å². The molecule has 0 saturated heterocycles. The third-order valence-electron chi connectivity index (χ3n) is 3.92. The lowest BCUT2D eigenvalue weighted by molar-refractivity contribution is -0.115. The maximum atomic E-state index is 12.8. The number of nitrogens with zero attached hydrogens (tertiary/aromatic N) is 2. The number of rotatable bonds is 5. The van der Waals surface area contributed by atoms with Crippen LogP contribution in [0.25, 0.3) is 0 Å². The van der Waals surface area contributed by atoms with Crippen molar-refractivity contribution in [3.05, 3.63) is 47.8 Å². The first-order valence-corrected chi connectivity index (χ1v) is 7.83. The minimum absolute atomic E-state index is 0.171. The van der Waals surface area contributed by atoms with Gasteiger partial charge < -0.3 is 10.6 Å². The molecule has 0 aliphatic heterocycles. The van der Waals surface area contributed by atoms with E-state index in [1.54, 1.807) is 18.2 Å². The minimum Gasteiger partial charge on any atom is -0.366 e. The van der Waals surface area contributed by atoms with Crippen LogP contribution >= 0.6 is 0 Å². The highest BCUT2D eigenvalue weighted by Crippen LogP contribution is 2.21. The molecule has 23 heavy (non-hydrogen) atoms. The smallest absolute Gasteiger partial charge is 0.229 e. The van der Waals surface area contributed by atoms with Gasteiger partial charge in [0.15, 0.2) is 5.82 Å². The molecule has 120 valence electrons. The number of aromatic nitrogens is 2. The largest absolute Gasteiger partial charge is 0.366 e. The summed E-state index contributed by atoms with van der Waals surface area (Å²) in [5, 5.41) is 14.1. The molecule has 3 rings (SSSR count). The van der Waals surface area contributed by atoms with Gasteiger partial charge in [0.2, 0.25) is 5.91 Å². The van der Waals surface area contributed by atoms with Gasteiger partial charge in [0.25, 0.3) is 0 Å². The van der Waals surface area contributed by atoms with E-state index in [2.05, 4.69) is 20.8 Å². The molecular formula is C17H19FN4O. The van der Waals surface area contributed by atoms with Crippen molar-refractivity contribution in [1.82, 2.24) is 10.2 Å². The van der Waals surface area contributed by atoms with Crippen LogP contribution in [0, 0.1) is 5.82 Å². The van der Waals surface area contributed by atoms with Crippen LogP contribution in [0.2, 0.25) is 0 Å². The summed E-state index contributed by atoms with van der Waals surface area (Å²) in [6.07, 6.45) is 5.00. The number of anilines is 2. The number of carbonyl (C=O) groups excluding carboxylic acids is 1. The summed E-state index contributed by atoms with van der Waals surface area (Å²) in [5.74, 6) is 0.621. The molecule has 1 amide bonds. The molecule has 0 unspecified atom stereocenters. The van der Waals surface area contributed by atoms with Crippen molar-refractivity contribution in [3.63, 3.8) is 0 Å². The molecule has 1 fully saturated rings. The van der Waals surface area contributed by atoms with Crippen LogP contribution in [-0.2, 0) is 11.2 Å². The molecule has 0 bridgehead atoms. The molecule has 6 heteroatoms. The summed E-state index contributed by atoms with van der Waals surface area (Å²) in [5.41, 5.74) is 0.747. The Morgan fingerprint density at radius 3 is 2.35 bits per heavy atom. The van der Waals surface area contributed by atoms with Gasteiger partial charge in [-0.2, -0.15) is 0 Å². The Bertz CT molecular complexity index is 651. The zero-order chi connectivity index (χ0) is 16.1. The molecular weight excluding hydrogens is 295 g/mol. The van der Waals surface area contributed by atoms with E-state index in [0.29, 0.717) is 11.9 Å². The van der Waals surface area contributed by atoms with Crippen LogP contribution in [0.3, 0.4) is 0 Å². The first kappa shape index (κ1) is 15.4. The van der Waals surface area contributed by atoms with Crippen LogP contribution < -0.4 is 10.6 Å². The van der Waals surface area contributed by atoms with Gasteiger partial charge in [-0.15, -0.1) is 10.2 Å². The van der Waals surface area contributed by atoms with E-state index in [-0.39, 0.29) is 18.1 Å². The predicted molar refractivity (Wildman–Crippen MR) is 86.6 cm³/mol. The fourth-order valence-electron chi connectivity index (χ4n) is 2.73. The van der Waals surface area contributed by atoms with E-state index in [9.17, 15) is 9.18 Å². The number of nitrogens with one attached hydrogen (secondary N) is 2. The SMILES string of the molecule is O=C(Cc1ccc(F)cc1)Nc1ccc(NC2CCCC2)nn1. The monoisotopic (exact) mass is 314 g/mol. The van der Waals surface area contributed by atoms with Crippen molar-refractivity contribution in [1.29, 1.82) is 0 Å². The number of hydrogen-bond acceptors (Lipinski definition) is 4. The van der Waals surface area contributed by atoms with Crippen LogP contribution in [0.1, 0.15) is 31.2 Å². The maximum Gasteiger partial charge on any atom is 0.229 e. The number of carbonyl (C=O) groups is 1. The number of hydrogen-bond donors (Lipinski definition) is 2. The van der Waals surface area contributed by atoms with Gasteiger partial charge in [0, 0.05) is 6.04 Å². The Hall–Kier alpha value is -2.50. The van der Waals surface area contributed by atoms with Crippen molar-refractivity contribution < 1.29 is 9.18 Å². The second-order valence-electron chi connectivity index (χ2n) is 5.78. The highest BCUT2D eigenvalue weighted by molar-refractivity contribution is 5.91. The number of benzene rings is 1. The van der Waals surface area contributed by atoms with Gasteiger partial charge in [-0.25, -0.2) is 4.39 Å². The number of halogens is 1. The third-order valence-corrected chi connectivity index (χ3v) is 3.92. The minimum atomic E-state index is -0.314. The van der Waals surface area contributed by atoms with Gasteiger partial charge in [-0.05, 0) is 42.7 Å². The van der Waals surface area contributed by atoms with Crippen molar-refractivity contribution in [2.75, 3.05) is 10.6 Å². The molecule has 0 atom stereocenters. The molecule has 1 aromatic heterocycles. The summed E-state index contributed by atoms with van der Waals surface area (Å²) in [6, 6.07) is 9.89. The zero-order valence-electron chi connectivity index (χ0n) is 12.8. The van der Waals surface area contributed by atoms with Gasteiger partial charge >= 0.3 is 0 Å². The fraction of sp³-hybridized carbons (Fsp3) is 0.353. The van der Waals surface area contributed by atoms with Crippen molar-refractivity contribution in [2.45, 2.75) is 38.1 Å². The molecule has 0 spiro atoms. The topological polar surface area (TPSA) is 66.9 Å². The Kier molecular flexibility index (Phi) is 4.80. The molecule has 1 saturated carbocycles. The van der Waals surface area contributed by atoms with E-state index >= 15 is 0 Å². The van der Waals surface area contributed by atoms with Crippen molar-refractivity contribution in [3.8, 4) is 0 Å². The van der Waals surface area contributed by atoms with E-state index in [1.165, 1.54) is 25.0 Å². The molecule has 1 aromatic carbocycles. The van der Waals surface area contributed by atoms with Crippen molar-refractivity contribution in [2.24, 2.45) is 0 Å². The first-order valence-electron chi connectivity index (χ1n) is 7.83. The Balaban J connectivity index is 1.52. The third kappa shape index (κ3) is 4.48. The summed E-state index contributed by atoms with van der Waals surface area (Å²) in [7, 11) is 0. The first-order chi connectivity index (χ1) is 11.2. The predicted octanol–water partition coefficient (Wildman–Crippen LogP) is 3.15. The molecule has 1 aliphatic carbocycles. The lowest BCUT2D eigenvalue weighted by Crippen LogP contribution is -2.18. The Morgan fingerprint density at radius 2 is 1.70 bits per heavy atom. The summed E-state index contributed by atoms with van der Waals surface area (Å²) >= 11 is 0. The molecule has 2 aromatic rings. The molecule has 1 aliphatic rings. The van der Waals surface area contributed by atoms with E-state index in [4.69, 9.17) is 0 Å². The van der Waals surface area contributed by atoms with Gasteiger partial charge in [-0.3, -0.25) is 4.79 Å². The number of amides is 1. The highest BCUT2D eigenvalue weighted by Gasteiger charge is 2.15. The normalized spacial score (nSPS) is 14.7. The zero-order valence-corrected chi connectivity index (χ0v) is 12.8. The van der Waals surface area contributed by atoms with Gasteiger partial charge in [-0.1, -0.05) is 25.0 Å². The average molecular weight is 314 g/mol. The van der Waals surface area contributed by atoms with Gasteiger partial charge in [0.05, 0.1) is 6.42 Å². The molecule has 1 heterocycles. The summed E-state index contributed by atoms with van der Waals surface area (Å²) in [6.45, 7) is 0. The van der Waals surface area contributed by atoms with E-state index in [1.807, 2.05) is 6.07 Å². The van der Waals surface area contributed by atoms with Crippen molar-refractivity contribution >= 4 is 17.5 Å². The Morgan fingerprint density at radius 1 is 1.04 bits per heavy atom. The van der Waals surface area contributed by atoms with E-state index in [0.717, 1.165) is 24.2 Å². The van der Waals surface area contributed by atoms with Crippen LogP contribution in [0.5, 0.6) is 0 Å².